The van der Waals surface area contributed by atoms with Gasteiger partial charge in [0.15, 0.2) is 0 Å². The van der Waals surface area contributed by atoms with Crippen molar-refractivity contribution < 1.29 is 17.9 Å². The van der Waals surface area contributed by atoms with Gasteiger partial charge in [0.1, 0.15) is 5.75 Å². The number of aromatic nitrogens is 2. The van der Waals surface area contributed by atoms with Gasteiger partial charge in [0.25, 0.3) is 15.9 Å². The number of nitrogens with one attached hydrogen (secondary N) is 2. The number of nitrogens with zero attached hydrogens (tertiary/aromatic N) is 2. The van der Waals surface area contributed by atoms with Gasteiger partial charge in [-0.1, -0.05) is 41.7 Å². The molecule has 8 nitrogen and oxygen atoms in total. The molecule has 0 aliphatic carbocycles. The third kappa shape index (κ3) is 4.88. The van der Waals surface area contributed by atoms with Gasteiger partial charge in [0.05, 0.1) is 7.11 Å². The molecule has 3 aromatic rings. The molecule has 0 spiro atoms. The third-order valence-electron chi connectivity index (χ3n) is 3.52. The van der Waals surface area contributed by atoms with Crippen LogP contribution in [0.4, 0.5) is 5.13 Å². The second kappa shape index (κ2) is 8.25. The van der Waals surface area contributed by atoms with E-state index in [1.807, 2.05) is 0 Å². The topological polar surface area (TPSA) is 110 Å². The van der Waals surface area contributed by atoms with Gasteiger partial charge in [-0.15, -0.1) is 10.2 Å². The summed E-state index contributed by atoms with van der Waals surface area (Å²) in [5.74, 6) is 0.298. The van der Waals surface area contributed by atoms with Crippen LogP contribution < -0.4 is 14.8 Å². The Morgan fingerprint density at radius 2 is 1.78 bits per heavy atom. The summed E-state index contributed by atoms with van der Waals surface area (Å²) in [6.45, 7) is 0.0949. The molecule has 0 bridgehead atoms. The molecule has 140 valence electrons. The minimum Gasteiger partial charge on any atom is -0.497 e. The number of benzene rings is 2. The van der Waals surface area contributed by atoms with Crippen molar-refractivity contribution in [1.29, 1.82) is 0 Å². The summed E-state index contributed by atoms with van der Waals surface area (Å²) >= 11 is 0.779. The Kier molecular flexibility index (Phi) is 5.79. The summed E-state index contributed by atoms with van der Waals surface area (Å²) in [5, 5.41) is 10.0. The molecular weight excluding hydrogens is 388 g/mol. The van der Waals surface area contributed by atoms with E-state index < -0.39 is 10.0 Å². The smallest absolute Gasteiger partial charge is 0.270 e. The van der Waals surface area contributed by atoms with Crippen molar-refractivity contribution in [3.8, 4) is 5.75 Å². The molecule has 2 N–H and O–H groups in total. The highest BCUT2D eigenvalue weighted by Gasteiger charge is 2.21. The fourth-order valence-corrected chi connectivity index (χ4v) is 4.06. The van der Waals surface area contributed by atoms with E-state index in [-0.39, 0.29) is 21.9 Å². The zero-order chi connectivity index (χ0) is 19.3. The zero-order valence-electron chi connectivity index (χ0n) is 14.2. The van der Waals surface area contributed by atoms with Gasteiger partial charge < -0.3 is 4.74 Å². The first-order valence-electron chi connectivity index (χ1n) is 7.80. The second-order valence-corrected chi connectivity index (χ2v) is 8.28. The molecule has 1 aromatic heterocycles. The number of anilines is 1. The van der Waals surface area contributed by atoms with Crippen molar-refractivity contribution in [3.05, 3.63) is 65.7 Å². The maximum Gasteiger partial charge on any atom is 0.270 e. The summed E-state index contributed by atoms with van der Waals surface area (Å²) in [6, 6.07) is 15.5. The molecular formula is C17H16N4O4S2. The van der Waals surface area contributed by atoms with Gasteiger partial charge in [-0.2, -0.15) is 0 Å². The van der Waals surface area contributed by atoms with Crippen LogP contribution in [0.1, 0.15) is 15.9 Å². The molecule has 0 aliphatic heterocycles. The summed E-state index contributed by atoms with van der Waals surface area (Å²) < 4.78 is 32.0. The molecule has 0 saturated carbocycles. The van der Waals surface area contributed by atoms with Gasteiger partial charge in [0, 0.05) is 12.1 Å². The highest BCUT2D eigenvalue weighted by atomic mass is 32.2. The van der Waals surface area contributed by atoms with Crippen LogP contribution in [0.5, 0.6) is 5.75 Å². The first kappa shape index (κ1) is 19.0. The first-order chi connectivity index (χ1) is 13.0. The van der Waals surface area contributed by atoms with E-state index in [0.717, 1.165) is 16.9 Å². The molecule has 0 aliphatic rings. The van der Waals surface area contributed by atoms with E-state index in [4.69, 9.17) is 4.74 Å². The van der Waals surface area contributed by atoms with Crippen molar-refractivity contribution in [2.24, 2.45) is 0 Å². The van der Waals surface area contributed by atoms with E-state index in [9.17, 15) is 13.2 Å². The highest BCUT2D eigenvalue weighted by Crippen LogP contribution is 2.21. The lowest BCUT2D eigenvalue weighted by Gasteiger charge is -2.05. The fraction of sp³-hybridized carbons (Fsp3) is 0.118. The van der Waals surface area contributed by atoms with Crippen molar-refractivity contribution in [1.82, 2.24) is 14.9 Å². The number of methoxy groups -OCH3 is 1. The van der Waals surface area contributed by atoms with Gasteiger partial charge in [-0.05, 0) is 29.8 Å². The molecule has 1 heterocycles. The van der Waals surface area contributed by atoms with Crippen LogP contribution in [0.25, 0.3) is 0 Å². The number of ether oxygens (including phenoxy) is 1. The molecule has 0 fully saturated rings. The number of carbonyl (C=O) groups excluding carboxylic acids is 1. The molecule has 0 radical (unpaired) electrons. The fourth-order valence-electron chi connectivity index (χ4n) is 2.11. The Morgan fingerprint density at radius 1 is 1.07 bits per heavy atom. The molecule has 0 saturated heterocycles. The summed E-state index contributed by atoms with van der Waals surface area (Å²) in [5.41, 5.74) is 1.20. The molecule has 10 heteroatoms. The van der Waals surface area contributed by atoms with Gasteiger partial charge >= 0.3 is 0 Å². The van der Waals surface area contributed by atoms with E-state index in [1.165, 1.54) is 0 Å². The van der Waals surface area contributed by atoms with E-state index in [0.29, 0.717) is 11.3 Å². The Morgan fingerprint density at radius 3 is 2.44 bits per heavy atom. The second-order valence-electron chi connectivity index (χ2n) is 5.37. The minimum atomic E-state index is -3.84. The number of carbonyl (C=O) groups is 1. The quantitative estimate of drug-likeness (QED) is 0.585. The van der Waals surface area contributed by atoms with Crippen LogP contribution in [-0.4, -0.2) is 31.6 Å². The summed E-state index contributed by atoms with van der Waals surface area (Å²) in [4.78, 5) is 12.1. The van der Waals surface area contributed by atoms with Crippen LogP contribution in [0.3, 0.4) is 0 Å². The predicted octanol–water partition coefficient (Wildman–Crippen LogP) is 2.28. The van der Waals surface area contributed by atoms with Crippen LogP contribution in [0.2, 0.25) is 0 Å². The number of hydrogen-bond donors (Lipinski definition) is 2. The van der Waals surface area contributed by atoms with Crippen molar-refractivity contribution in [2.75, 3.05) is 12.4 Å². The molecule has 0 atom stereocenters. The van der Waals surface area contributed by atoms with E-state index >= 15 is 0 Å². The number of amides is 1. The third-order valence-corrected chi connectivity index (χ3v) is 6.13. The van der Waals surface area contributed by atoms with Crippen molar-refractivity contribution >= 4 is 32.4 Å². The lowest BCUT2D eigenvalue weighted by Crippen LogP contribution is -2.23. The Hall–Kier alpha value is -2.82. The zero-order valence-corrected chi connectivity index (χ0v) is 15.9. The summed E-state index contributed by atoms with van der Waals surface area (Å²) in [7, 11) is -2.28. The first-order valence-corrected chi connectivity index (χ1v) is 10.1. The van der Waals surface area contributed by atoms with Crippen molar-refractivity contribution in [3.63, 3.8) is 0 Å². The Labute approximate surface area is 160 Å². The Balaban J connectivity index is 1.64. The largest absolute Gasteiger partial charge is 0.497 e. The predicted molar refractivity (Wildman–Crippen MR) is 101 cm³/mol. The number of sulfonamides is 1. The lowest BCUT2D eigenvalue weighted by molar-refractivity contribution is 0.102. The Bertz CT molecular complexity index is 1020. The van der Waals surface area contributed by atoms with Gasteiger partial charge in [0.2, 0.25) is 9.47 Å². The van der Waals surface area contributed by atoms with Crippen LogP contribution in [0.15, 0.2) is 58.9 Å². The maximum absolute atomic E-state index is 12.4. The monoisotopic (exact) mass is 404 g/mol. The van der Waals surface area contributed by atoms with E-state index in [2.05, 4.69) is 20.2 Å². The van der Waals surface area contributed by atoms with Gasteiger partial charge in [-0.3, -0.25) is 10.1 Å². The molecule has 0 unspecified atom stereocenters. The molecule has 2 aromatic carbocycles. The SMILES string of the molecule is COc1ccc(CNS(=O)(=O)c2nnc(NC(=O)c3ccccc3)s2)cc1. The highest BCUT2D eigenvalue weighted by molar-refractivity contribution is 7.91. The van der Waals surface area contributed by atoms with Crippen LogP contribution in [-0.2, 0) is 16.6 Å². The maximum atomic E-state index is 12.4. The molecule has 27 heavy (non-hydrogen) atoms. The van der Waals surface area contributed by atoms with Crippen molar-refractivity contribution in [2.45, 2.75) is 10.9 Å². The van der Waals surface area contributed by atoms with Gasteiger partial charge in [-0.25, -0.2) is 13.1 Å². The minimum absolute atomic E-state index is 0.0949. The average molecular weight is 404 g/mol. The lowest BCUT2D eigenvalue weighted by atomic mass is 10.2. The standard InChI is InChI=1S/C17H16N4O4S2/c1-25-14-9-7-12(8-10-14)11-18-27(23,24)17-21-20-16(26-17)19-15(22)13-5-3-2-4-6-13/h2-10,18H,11H2,1H3,(H,19,20,22). The normalized spacial score (nSPS) is 11.1. The number of rotatable bonds is 7. The summed E-state index contributed by atoms with van der Waals surface area (Å²) in [6.07, 6.45) is 0. The van der Waals surface area contributed by atoms with E-state index in [1.54, 1.807) is 61.7 Å². The molecule has 1 amide bonds. The number of hydrogen-bond acceptors (Lipinski definition) is 7. The van der Waals surface area contributed by atoms with Crippen LogP contribution >= 0.6 is 11.3 Å². The molecule has 3 rings (SSSR count). The average Bonchev–Trinajstić information content (AvgIpc) is 3.17. The van der Waals surface area contributed by atoms with Crippen LogP contribution in [0, 0.1) is 0 Å².